The first kappa shape index (κ1) is 16.6. The second-order valence-corrected chi connectivity index (χ2v) is 5.51. The summed E-state index contributed by atoms with van der Waals surface area (Å²) in [5.41, 5.74) is 0.476. The molecule has 8 heteroatoms. The van der Waals surface area contributed by atoms with Gasteiger partial charge in [-0.15, -0.1) is 0 Å². The number of amides is 1. The van der Waals surface area contributed by atoms with E-state index in [1.54, 1.807) is 12.1 Å². The largest absolute Gasteiger partial charge is 0.495 e. The number of halogens is 1. The van der Waals surface area contributed by atoms with Gasteiger partial charge in [0.05, 0.1) is 14.2 Å². The maximum Gasteiger partial charge on any atom is 0.332 e. The maximum atomic E-state index is 12.1. The van der Waals surface area contributed by atoms with Gasteiger partial charge in [-0.1, -0.05) is 0 Å². The lowest BCUT2D eigenvalue weighted by Crippen LogP contribution is -2.29. The molecule has 1 amide bonds. The van der Waals surface area contributed by atoms with Gasteiger partial charge in [0.2, 0.25) is 0 Å². The number of anilines is 1. The van der Waals surface area contributed by atoms with Gasteiger partial charge in [0.15, 0.2) is 6.10 Å². The fourth-order valence-corrected chi connectivity index (χ4v) is 2.73. The molecule has 1 aliphatic heterocycles. The van der Waals surface area contributed by atoms with E-state index >= 15 is 0 Å². The smallest absolute Gasteiger partial charge is 0.332 e. The summed E-state index contributed by atoms with van der Waals surface area (Å²) in [6.07, 6.45) is -1.01. The Labute approximate surface area is 135 Å². The van der Waals surface area contributed by atoms with Crippen LogP contribution in [0, 0.1) is 0 Å². The van der Waals surface area contributed by atoms with Crippen LogP contribution in [-0.2, 0) is 14.3 Å². The number of carbonyl (C=O) groups excluding carboxylic acids is 1. The lowest BCUT2D eigenvalue weighted by Gasteiger charge is -2.15. The van der Waals surface area contributed by atoms with E-state index in [1.165, 1.54) is 14.2 Å². The van der Waals surface area contributed by atoms with E-state index in [9.17, 15) is 9.59 Å². The molecule has 0 bridgehead atoms. The van der Waals surface area contributed by atoms with Crippen molar-refractivity contribution in [3.05, 3.63) is 16.6 Å². The van der Waals surface area contributed by atoms with Gasteiger partial charge in [-0.05, 0) is 28.8 Å². The molecule has 2 atom stereocenters. The third kappa shape index (κ3) is 3.50. The third-order valence-electron chi connectivity index (χ3n) is 3.30. The summed E-state index contributed by atoms with van der Waals surface area (Å²) in [6, 6.07) is 3.27. The van der Waals surface area contributed by atoms with Crippen LogP contribution in [-0.4, -0.2) is 43.4 Å². The minimum atomic E-state index is -1.05. The van der Waals surface area contributed by atoms with Crippen molar-refractivity contribution >= 4 is 33.5 Å². The standard InChI is InChI=1S/C14H16BrNO6/c1-20-10-5-7(6-11(21-2)12(10)15)16-13(17)8-3-4-9(22-8)14(18)19/h5-6,8-9H,3-4H2,1-2H3,(H,16,17)(H,18,19)/t8-,9+/m0/s1. The Kier molecular flexibility index (Phi) is 5.25. The van der Waals surface area contributed by atoms with Crippen molar-refractivity contribution in [2.24, 2.45) is 0 Å². The molecular weight excluding hydrogens is 358 g/mol. The number of hydrogen-bond acceptors (Lipinski definition) is 5. The summed E-state index contributed by atoms with van der Waals surface area (Å²) in [5, 5.41) is 11.6. The molecular formula is C14H16BrNO6. The normalized spacial score (nSPS) is 20.5. The van der Waals surface area contributed by atoms with Crippen molar-refractivity contribution < 1.29 is 28.9 Å². The predicted molar refractivity (Wildman–Crippen MR) is 81.4 cm³/mol. The van der Waals surface area contributed by atoms with Crippen LogP contribution in [0.2, 0.25) is 0 Å². The third-order valence-corrected chi connectivity index (χ3v) is 4.08. The van der Waals surface area contributed by atoms with Gasteiger partial charge in [-0.2, -0.15) is 0 Å². The van der Waals surface area contributed by atoms with Gasteiger partial charge >= 0.3 is 5.97 Å². The van der Waals surface area contributed by atoms with E-state index in [2.05, 4.69) is 21.2 Å². The number of carbonyl (C=O) groups is 2. The van der Waals surface area contributed by atoms with Gasteiger partial charge in [0.1, 0.15) is 22.1 Å². The molecule has 0 unspecified atom stereocenters. The average Bonchev–Trinajstić information content (AvgIpc) is 2.99. The molecule has 2 N–H and O–H groups in total. The van der Waals surface area contributed by atoms with Crippen molar-refractivity contribution in [1.82, 2.24) is 0 Å². The first-order valence-electron chi connectivity index (χ1n) is 6.57. The first-order valence-corrected chi connectivity index (χ1v) is 7.36. The lowest BCUT2D eigenvalue weighted by molar-refractivity contribution is -0.150. The summed E-state index contributed by atoms with van der Waals surface area (Å²) in [5.74, 6) is -0.437. The zero-order valence-electron chi connectivity index (χ0n) is 12.1. The van der Waals surface area contributed by atoms with Crippen LogP contribution < -0.4 is 14.8 Å². The second-order valence-electron chi connectivity index (χ2n) is 4.71. The van der Waals surface area contributed by atoms with Crippen LogP contribution in [0.1, 0.15) is 12.8 Å². The quantitative estimate of drug-likeness (QED) is 0.819. The lowest BCUT2D eigenvalue weighted by atomic mass is 10.2. The molecule has 1 fully saturated rings. The molecule has 2 rings (SSSR count). The molecule has 0 spiro atoms. The number of aliphatic carboxylic acids is 1. The van der Waals surface area contributed by atoms with E-state index in [-0.39, 0.29) is 0 Å². The zero-order valence-corrected chi connectivity index (χ0v) is 13.7. The fraction of sp³-hybridized carbons (Fsp3) is 0.429. The summed E-state index contributed by atoms with van der Waals surface area (Å²) in [6.45, 7) is 0. The number of nitrogens with one attached hydrogen (secondary N) is 1. The molecule has 120 valence electrons. The van der Waals surface area contributed by atoms with Crippen LogP contribution in [0.5, 0.6) is 11.5 Å². The van der Waals surface area contributed by atoms with Crippen molar-refractivity contribution in [3.8, 4) is 11.5 Å². The SMILES string of the molecule is COc1cc(NC(=O)[C@@H]2CC[C@H](C(=O)O)O2)cc(OC)c1Br. The highest BCUT2D eigenvalue weighted by molar-refractivity contribution is 9.10. The van der Waals surface area contributed by atoms with Crippen LogP contribution >= 0.6 is 15.9 Å². The van der Waals surface area contributed by atoms with E-state index < -0.39 is 24.1 Å². The zero-order chi connectivity index (χ0) is 16.3. The molecule has 1 aliphatic rings. The summed E-state index contributed by atoms with van der Waals surface area (Å²) >= 11 is 3.34. The van der Waals surface area contributed by atoms with Crippen LogP contribution in [0.15, 0.2) is 16.6 Å². The molecule has 1 saturated heterocycles. The van der Waals surface area contributed by atoms with Gasteiger partial charge in [-0.3, -0.25) is 4.79 Å². The fourth-order valence-electron chi connectivity index (χ4n) is 2.18. The Morgan fingerprint density at radius 2 is 1.77 bits per heavy atom. The molecule has 1 heterocycles. The van der Waals surface area contributed by atoms with Gasteiger partial charge in [0, 0.05) is 17.8 Å². The molecule has 0 aliphatic carbocycles. The van der Waals surface area contributed by atoms with Crippen molar-refractivity contribution in [2.45, 2.75) is 25.0 Å². The van der Waals surface area contributed by atoms with Crippen LogP contribution in [0.3, 0.4) is 0 Å². The van der Waals surface area contributed by atoms with E-state index in [0.29, 0.717) is 34.5 Å². The Morgan fingerprint density at radius 3 is 2.23 bits per heavy atom. The number of hydrogen-bond donors (Lipinski definition) is 2. The maximum absolute atomic E-state index is 12.1. The molecule has 7 nitrogen and oxygen atoms in total. The number of ether oxygens (including phenoxy) is 3. The van der Waals surface area contributed by atoms with Crippen molar-refractivity contribution in [3.63, 3.8) is 0 Å². The molecule has 0 saturated carbocycles. The van der Waals surface area contributed by atoms with E-state index in [1.807, 2.05) is 0 Å². The minimum absolute atomic E-state index is 0.320. The number of methoxy groups -OCH3 is 2. The van der Waals surface area contributed by atoms with Gasteiger partial charge in [-0.25, -0.2) is 4.79 Å². The van der Waals surface area contributed by atoms with Crippen molar-refractivity contribution in [1.29, 1.82) is 0 Å². The summed E-state index contributed by atoms with van der Waals surface area (Å²) < 4.78 is 16.2. The topological polar surface area (TPSA) is 94.1 Å². The van der Waals surface area contributed by atoms with Crippen molar-refractivity contribution in [2.75, 3.05) is 19.5 Å². The summed E-state index contributed by atoms with van der Waals surface area (Å²) in [4.78, 5) is 23.0. The van der Waals surface area contributed by atoms with E-state index in [0.717, 1.165) is 0 Å². The van der Waals surface area contributed by atoms with Gasteiger partial charge in [0.25, 0.3) is 5.91 Å². The Bertz CT molecular complexity index is 566. The first-order chi connectivity index (χ1) is 10.5. The molecule has 22 heavy (non-hydrogen) atoms. The highest BCUT2D eigenvalue weighted by Crippen LogP contribution is 2.37. The number of benzene rings is 1. The molecule has 1 aromatic carbocycles. The number of rotatable bonds is 5. The molecule has 1 aromatic rings. The highest BCUT2D eigenvalue weighted by Gasteiger charge is 2.34. The highest BCUT2D eigenvalue weighted by atomic mass is 79.9. The minimum Gasteiger partial charge on any atom is -0.495 e. The second kappa shape index (κ2) is 6.97. The predicted octanol–water partition coefficient (Wildman–Crippen LogP) is 2.04. The van der Waals surface area contributed by atoms with Crippen LogP contribution in [0.4, 0.5) is 5.69 Å². The monoisotopic (exact) mass is 373 g/mol. The van der Waals surface area contributed by atoms with Crippen LogP contribution in [0.25, 0.3) is 0 Å². The Hall–Kier alpha value is -1.80. The number of carboxylic acids is 1. The average molecular weight is 374 g/mol. The number of carboxylic acid groups (broad SMARTS) is 1. The van der Waals surface area contributed by atoms with E-state index in [4.69, 9.17) is 19.3 Å². The Morgan fingerprint density at radius 1 is 1.23 bits per heavy atom. The summed E-state index contributed by atoms with van der Waals surface area (Å²) in [7, 11) is 3.01. The molecule has 0 aromatic heterocycles. The van der Waals surface area contributed by atoms with Gasteiger partial charge < -0.3 is 24.6 Å². The Balaban J connectivity index is 2.10. The molecule has 0 radical (unpaired) electrons.